The first-order valence-electron chi connectivity index (χ1n) is 8.26. The van der Waals surface area contributed by atoms with Crippen molar-refractivity contribution >= 4 is 23.5 Å². The molecular weight excluding hydrogens is 332 g/mol. The number of anilines is 2. The summed E-state index contributed by atoms with van der Waals surface area (Å²) in [5, 5.41) is 11.7. The van der Waals surface area contributed by atoms with Crippen LogP contribution in [0, 0.1) is 11.3 Å². The first kappa shape index (κ1) is 17.4. The number of para-hydroxylation sites is 1. The van der Waals surface area contributed by atoms with Crippen LogP contribution in [-0.2, 0) is 9.59 Å². The van der Waals surface area contributed by atoms with Gasteiger partial charge in [0.05, 0.1) is 11.3 Å². The maximum absolute atomic E-state index is 12.3. The molecule has 1 aromatic heterocycles. The number of hydrogen-bond acceptors (Lipinski definition) is 6. The average Bonchev–Trinajstić information content (AvgIpc) is 2.69. The molecule has 1 fully saturated rings. The summed E-state index contributed by atoms with van der Waals surface area (Å²) in [7, 11) is 0. The van der Waals surface area contributed by atoms with E-state index in [0.717, 1.165) is 0 Å². The Morgan fingerprint density at radius 2 is 1.77 bits per heavy atom. The summed E-state index contributed by atoms with van der Waals surface area (Å²) in [6.07, 6.45) is 3.12. The molecule has 1 saturated heterocycles. The van der Waals surface area contributed by atoms with Gasteiger partial charge in [0.1, 0.15) is 12.5 Å². The number of nitriles is 1. The van der Waals surface area contributed by atoms with Gasteiger partial charge in [-0.1, -0.05) is 12.1 Å². The van der Waals surface area contributed by atoms with Gasteiger partial charge in [0.15, 0.2) is 0 Å². The second kappa shape index (κ2) is 8.07. The van der Waals surface area contributed by atoms with E-state index in [1.807, 2.05) is 11.0 Å². The quantitative estimate of drug-likeness (QED) is 0.826. The molecule has 0 radical (unpaired) electrons. The molecular formula is C18H18N6O2. The molecule has 26 heavy (non-hydrogen) atoms. The summed E-state index contributed by atoms with van der Waals surface area (Å²) in [6.45, 7) is 2.27. The van der Waals surface area contributed by atoms with Crippen LogP contribution in [0.2, 0.25) is 0 Å². The Bertz CT molecular complexity index is 825. The van der Waals surface area contributed by atoms with Crippen molar-refractivity contribution in [2.45, 2.75) is 6.42 Å². The molecule has 0 bridgehead atoms. The molecule has 2 aromatic rings. The third-order valence-corrected chi connectivity index (χ3v) is 4.10. The van der Waals surface area contributed by atoms with Gasteiger partial charge in [-0.15, -0.1) is 0 Å². The lowest BCUT2D eigenvalue weighted by molar-refractivity contribution is -0.134. The fourth-order valence-electron chi connectivity index (χ4n) is 2.74. The van der Waals surface area contributed by atoms with E-state index in [9.17, 15) is 9.59 Å². The molecule has 1 aliphatic rings. The summed E-state index contributed by atoms with van der Waals surface area (Å²) < 4.78 is 0. The number of nitrogens with one attached hydrogen (secondary N) is 1. The van der Waals surface area contributed by atoms with Crippen LogP contribution in [0.3, 0.4) is 0 Å². The first-order chi connectivity index (χ1) is 12.7. The van der Waals surface area contributed by atoms with Gasteiger partial charge >= 0.3 is 0 Å². The second-order valence-electron chi connectivity index (χ2n) is 5.80. The van der Waals surface area contributed by atoms with Gasteiger partial charge in [-0.3, -0.25) is 9.59 Å². The number of piperazine rings is 1. The standard InChI is InChI=1S/C18H18N6O2/c19-13-14-4-1-2-5-15(14)22-16(25)12-17(26)23-8-10-24(11-9-23)18-20-6-3-7-21-18/h1-7H,8-12H2,(H,22,25). The van der Waals surface area contributed by atoms with Crippen molar-refractivity contribution in [2.75, 3.05) is 36.4 Å². The Balaban J connectivity index is 1.51. The Labute approximate surface area is 151 Å². The monoisotopic (exact) mass is 350 g/mol. The smallest absolute Gasteiger partial charge is 0.233 e. The highest BCUT2D eigenvalue weighted by Crippen LogP contribution is 2.14. The molecule has 2 amide bonds. The largest absolute Gasteiger partial charge is 0.339 e. The summed E-state index contributed by atoms with van der Waals surface area (Å²) >= 11 is 0. The highest BCUT2D eigenvalue weighted by atomic mass is 16.2. The van der Waals surface area contributed by atoms with Crippen molar-refractivity contribution in [2.24, 2.45) is 0 Å². The van der Waals surface area contributed by atoms with E-state index in [4.69, 9.17) is 5.26 Å². The topological polar surface area (TPSA) is 102 Å². The van der Waals surface area contributed by atoms with E-state index in [2.05, 4.69) is 15.3 Å². The minimum atomic E-state index is -0.425. The Hall–Kier alpha value is -3.47. The van der Waals surface area contributed by atoms with Crippen LogP contribution < -0.4 is 10.2 Å². The zero-order valence-corrected chi connectivity index (χ0v) is 14.1. The van der Waals surface area contributed by atoms with Gasteiger partial charge in [0, 0.05) is 38.6 Å². The predicted molar refractivity (Wildman–Crippen MR) is 95.2 cm³/mol. The highest BCUT2D eigenvalue weighted by Gasteiger charge is 2.24. The van der Waals surface area contributed by atoms with Crippen LogP contribution in [0.1, 0.15) is 12.0 Å². The summed E-state index contributed by atoms with van der Waals surface area (Å²) in [5.41, 5.74) is 0.781. The Morgan fingerprint density at radius 3 is 2.46 bits per heavy atom. The second-order valence-corrected chi connectivity index (χ2v) is 5.80. The van der Waals surface area contributed by atoms with Gasteiger partial charge in [-0.2, -0.15) is 5.26 Å². The van der Waals surface area contributed by atoms with E-state index in [1.165, 1.54) is 0 Å². The van der Waals surface area contributed by atoms with Crippen LogP contribution in [0.4, 0.5) is 11.6 Å². The van der Waals surface area contributed by atoms with Crippen LogP contribution in [0.5, 0.6) is 0 Å². The minimum absolute atomic E-state index is 0.231. The van der Waals surface area contributed by atoms with Gasteiger partial charge in [-0.05, 0) is 18.2 Å². The Morgan fingerprint density at radius 1 is 1.08 bits per heavy atom. The lowest BCUT2D eigenvalue weighted by atomic mass is 10.2. The van der Waals surface area contributed by atoms with Crippen molar-refractivity contribution in [3.05, 3.63) is 48.3 Å². The number of nitrogens with zero attached hydrogens (tertiary/aromatic N) is 5. The molecule has 0 spiro atoms. The fraction of sp³-hybridized carbons (Fsp3) is 0.278. The van der Waals surface area contributed by atoms with Crippen molar-refractivity contribution in [3.63, 3.8) is 0 Å². The fourth-order valence-corrected chi connectivity index (χ4v) is 2.74. The number of carbonyl (C=O) groups is 2. The third kappa shape index (κ3) is 4.13. The van der Waals surface area contributed by atoms with Crippen LogP contribution >= 0.6 is 0 Å². The number of rotatable bonds is 4. The van der Waals surface area contributed by atoms with Crippen LogP contribution in [0.15, 0.2) is 42.7 Å². The van der Waals surface area contributed by atoms with Crippen molar-refractivity contribution in [1.82, 2.24) is 14.9 Å². The zero-order chi connectivity index (χ0) is 18.4. The van der Waals surface area contributed by atoms with Gasteiger partial charge in [0.25, 0.3) is 0 Å². The molecule has 132 valence electrons. The lowest BCUT2D eigenvalue weighted by Crippen LogP contribution is -2.49. The van der Waals surface area contributed by atoms with Crippen molar-refractivity contribution in [1.29, 1.82) is 5.26 Å². The van der Waals surface area contributed by atoms with Gasteiger partial charge in [0.2, 0.25) is 17.8 Å². The van der Waals surface area contributed by atoms with Crippen molar-refractivity contribution in [3.8, 4) is 6.07 Å². The SMILES string of the molecule is N#Cc1ccccc1NC(=O)CC(=O)N1CCN(c2ncccn2)CC1. The summed E-state index contributed by atoms with van der Waals surface area (Å²) in [4.78, 5) is 36.5. The molecule has 3 rings (SSSR count). The van der Waals surface area contributed by atoms with E-state index in [-0.39, 0.29) is 12.3 Å². The van der Waals surface area contributed by atoms with Gasteiger partial charge in [-0.25, -0.2) is 9.97 Å². The summed E-state index contributed by atoms with van der Waals surface area (Å²) in [5.74, 6) is -0.0115. The lowest BCUT2D eigenvalue weighted by Gasteiger charge is -2.34. The van der Waals surface area contributed by atoms with Crippen LogP contribution in [-0.4, -0.2) is 52.9 Å². The van der Waals surface area contributed by atoms with E-state index >= 15 is 0 Å². The molecule has 0 saturated carbocycles. The van der Waals surface area contributed by atoms with Gasteiger partial charge < -0.3 is 15.1 Å². The molecule has 0 atom stereocenters. The Kier molecular flexibility index (Phi) is 5.39. The maximum Gasteiger partial charge on any atom is 0.233 e. The third-order valence-electron chi connectivity index (χ3n) is 4.10. The predicted octanol–water partition coefficient (Wildman–Crippen LogP) is 1.03. The van der Waals surface area contributed by atoms with E-state index in [1.54, 1.807) is 47.6 Å². The molecule has 0 unspecified atom stereocenters. The van der Waals surface area contributed by atoms with Crippen LogP contribution in [0.25, 0.3) is 0 Å². The number of carbonyl (C=O) groups excluding carboxylic acids is 2. The maximum atomic E-state index is 12.3. The zero-order valence-electron chi connectivity index (χ0n) is 14.1. The van der Waals surface area contributed by atoms with E-state index in [0.29, 0.717) is 43.4 Å². The molecule has 8 heteroatoms. The number of aromatic nitrogens is 2. The molecule has 0 aliphatic carbocycles. The number of benzene rings is 1. The van der Waals surface area contributed by atoms with E-state index < -0.39 is 5.91 Å². The minimum Gasteiger partial charge on any atom is -0.339 e. The number of hydrogen-bond donors (Lipinski definition) is 1. The molecule has 8 nitrogen and oxygen atoms in total. The summed E-state index contributed by atoms with van der Waals surface area (Å²) in [6, 6.07) is 10.5. The highest BCUT2D eigenvalue weighted by molar-refractivity contribution is 6.04. The normalized spacial score (nSPS) is 13.8. The number of amides is 2. The first-order valence-corrected chi connectivity index (χ1v) is 8.26. The molecule has 1 aliphatic heterocycles. The molecule has 2 heterocycles. The molecule has 1 aromatic carbocycles. The van der Waals surface area contributed by atoms with Crippen molar-refractivity contribution < 1.29 is 9.59 Å². The molecule has 1 N–H and O–H groups in total. The average molecular weight is 350 g/mol.